The molecule has 26 heavy (non-hydrogen) atoms. The summed E-state index contributed by atoms with van der Waals surface area (Å²) in [6, 6.07) is 15.6. The van der Waals surface area contributed by atoms with Crippen LogP contribution in [0.1, 0.15) is 39.4 Å². The van der Waals surface area contributed by atoms with Crippen LogP contribution in [0.25, 0.3) is 11.0 Å². The number of carbonyl (C=O) groups is 3. The molecule has 0 saturated carbocycles. The fourth-order valence-electron chi connectivity index (χ4n) is 3.10. The van der Waals surface area contributed by atoms with Gasteiger partial charge in [-0.2, -0.15) is 0 Å². The van der Waals surface area contributed by atoms with E-state index in [9.17, 15) is 14.4 Å². The zero-order valence-corrected chi connectivity index (χ0v) is 14.1. The fourth-order valence-corrected chi connectivity index (χ4v) is 3.10. The predicted molar refractivity (Wildman–Crippen MR) is 94.6 cm³/mol. The number of hydrogen-bond donors (Lipinski definition) is 1. The third-order valence-corrected chi connectivity index (χ3v) is 4.43. The van der Waals surface area contributed by atoms with E-state index in [1.807, 2.05) is 30.3 Å². The van der Waals surface area contributed by atoms with Crippen LogP contribution in [-0.2, 0) is 4.79 Å². The highest BCUT2D eigenvalue weighted by Gasteiger charge is 2.36. The third kappa shape index (κ3) is 2.65. The summed E-state index contributed by atoms with van der Waals surface area (Å²) in [6.45, 7) is 1.47. The van der Waals surface area contributed by atoms with Crippen molar-refractivity contribution < 1.29 is 18.8 Å². The van der Waals surface area contributed by atoms with Gasteiger partial charge in [0.2, 0.25) is 5.91 Å². The number of nitrogens with one attached hydrogen (secondary N) is 1. The number of nitrogens with zero attached hydrogens (tertiary/aromatic N) is 1. The van der Waals surface area contributed by atoms with Gasteiger partial charge in [-0.25, -0.2) is 0 Å². The molecule has 130 valence electrons. The summed E-state index contributed by atoms with van der Waals surface area (Å²) < 4.78 is 5.73. The highest BCUT2D eigenvalue weighted by molar-refractivity contribution is 6.22. The minimum absolute atomic E-state index is 0.323. The lowest BCUT2D eigenvalue weighted by atomic mass is 10.1. The Balaban J connectivity index is 1.46. The summed E-state index contributed by atoms with van der Waals surface area (Å²) >= 11 is 0. The predicted octanol–water partition coefficient (Wildman–Crippen LogP) is 2.91. The molecule has 1 N–H and O–H groups in total. The maximum Gasteiger partial charge on any atom is 0.262 e. The molecule has 0 fully saturated rings. The van der Waals surface area contributed by atoms with Crippen LogP contribution >= 0.6 is 0 Å². The molecule has 2 aromatic carbocycles. The van der Waals surface area contributed by atoms with Crippen molar-refractivity contribution in [2.45, 2.75) is 13.0 Å². The molecule has 0 bridgehead atoms. The van der Waals surface area contributed by atoms with Crippen LogP contribution in [0.4, 0.5) is 0 Å². The van der Waals surface area contributed by atoms with Crippen molar-refractivity contribution in [3.8, 4) is 0 Å². The Kier molecular flexibility index (Phi) is 3.80. The fraction of sp³-hybridized carbons (Fsp3) is 0.150. The summed E-state index contributed by atoms with van der Waals surface area (Å²) in [5, 5.41) is 3.72. The number of rotatable bonds is 4. The van der Waals surface area contributed by atoms with Crippen LogP contribution in [0.5, 0.6) is 0 Å². The molecule has 0 aliphatic carbocycles. The Morgan fingerprint density at radius 3 is 2.31 bits per heavy atom. The number of benzene rings is 2. The molecule has 1 atom stereocenters. The highest BCUT2D eigenvalue weighted by atomic mass is 16.3. The van der Waals surface area contributed by atoms with E-state index in [0.717, 1.165) is 15.9 Å². The number of imide groups is 1. The van der Waals surface area contributed by atoms with Gasteiger partial charge in [0.1, 0.15) is 17.9 Å². The van der Waals surface area contributed by atoms with Crippen molar-refractivity contribution in [2.24, 2.45) is 0 Å². The molecule has 6 nitrogen and oxygen atoms in total. The van der Waals surface area contributed by atoms with Crippen LogP contribution in [0.2, 0.25) is 0 Å². The van der Waals surface area contributed by atoms with E-state index in [4.69, 9.17) is 4.42 Å². The quantitative estimate of drug-likeness (QED) is 0.735. The number of para-hydroxylation sites is 1. The largest absolute Gasteiger partial charge is 0.459 e. The average molecular weight is 348 g/mol. The minimum Gasteiger partial charge on any atom is -0.459 e. The molecule has 0 radical (unpaired) electrons. The van der Waals surface area contributed by atoms with Crippen LogP contribution in [-0.4, -0.2) is 29.2 Å². The zero-order chi connectivity index (χ0) is 18.3. The molecule has 4 rings (SSSR count). The first-order valence-corrected chi connectivity index (χ1v) is 8.27. The Morgan fingerprint density at radius 1 is 1.04 bits per heavy atom. The van der Waals surface area contributed by atoms with E-state index >= 15 is 0 Å². The molecule has 6 heteroatoms. The lowest BCUT2D eigenvalue weighted by Crippen LogP contribution is -2.41. The van der Waals surface area contributed by atoms with Crippen LogP contribution < -0.4 is 5.32 Å². The van der Waals surface area contributed by atoms with Gasteiger partial charge in [0.15, 0.2) is 0 Å². The van der Waals surface area contributed by atoms with Crippen molar-refractivity contribution >= 4 is 28.7 Å². The Bertz CT molecular complexity index is 969. The first-order chi connectivity index (χ1) is 12.5. The van der Waals surface area contributed by atoms with Crippen LogP contribution in [0.3, 0.4) is 0 Å². The van der Waals surface area contributed by atoms with E-state index in [2.05, 4.69) is 5.32 Å². The summed E-state index contributed by atoms with van der Waals surface area (Å²) in [6.07, 6.45) is 0. The van der Waals surface area contributed by atoms with Crippen molar-refractivity contribution in [1.29, 1.82) is 0 Å². The van der Waals surface area contributed by atoms with Gasteiger partial charge in [0, 0.05) is 5.39 Å². The molecule has 2 heterocycles. The molecule has 1 aromatic heterocycles. The molecule has 0 spiro atoms. The normalized spacial score (nSPS) is 14.6. The van der Waals surface area contributed by atoms with Gasteiger partial charge in [-0.15, -0.1) is 0 Å². The zero-order valence-electron chi connectivity index (χ0n) is 14.1. The van der Waals surface area contributed by atoms with E-state index in [0.29, 0.717) is 16.9 Å². The number of hydrogen-bond acceptors (Lipinski definition) is 4. The number of amides is 3. The second-order valence-electron chi connectivity index (χ2n) is 6.22. The monoisotopic (exact) mass is 348 g/mol. The van der Waals surface area contributed by atoms with Gasteiger partial charge in [0.25, 0.3) is 11.8 Å². The molecular formula is C20H16N2O4. The first-order valence-electron chi connectivity index (χ1n) is 8.27. The van der Waals surface area contributed by atoms with E-state index < -0.39 is 17.7 Å². The summed E-state index contributed by atoms with van der Waals surface area (Å²) in [5.74, 6) is -0.705. The van der Waals surface area contributed by atoms with Crippen LogP contribution in [0, 0.1) is 0 Å². The lowest BCUT2D eigenvalue weighted by molar-refractivity contribution is -0.122. The van der Waals surface area contributed by atoms with Gasteiger partial charge >= 0.3 is 0 Å². The molecule has 1 aliphatic heterocycles. The van der Waals surface area contributed by atoms with Gasteiger partial charge in [-0.1, -0.05) is 30.3 Å². The molecule has 1 unspecified atom stereocenters. The SMILES string of the molecule is CC(NC(=O)CN1C(=O)c2ccccc2C1=O)c1cc2ccccc2o1. The minimum atomic E-state index is -0.447. The topological polar surface area (TPSA) is 79.6 Å². The number of carbonyl (C=O) groups excluding carboxylic acids is 3. The van der Waals surface area contributed by atoms with Crippen molar-refractivity contribution in [3.63, 3.8) is 0 Å². The second-order valence-corrected chi connectivity index (χ2v) is 6.22. The Morgan fingerprint density at radius 2 is 1.65 bits per heavy atom. The number of fused-ring (bicyclic) bond motifs is 2. The molecular weight excluding hydrogens is 332 g/mol. The highest BCUT2D eigenvalue weighted by Crippen LogP contribution is 2.24. The first kappa shape index (κ1) is 16.1. The maximum absolute atomic E-state index is 12.3. The number of furan rings is 1. The van der Waals surface area contributed by atoms with E-state index in [1.165, 1.54) is 0 Å². The second kappa shape index (κ2) is 6.15. The molecule has 1 aliphatic rings. The van der Waals surface area contributed by atoms with Gasteiger partial charge in [0.05, 0.1) is 17.2 Å². The maximum atomic E-state index is 12.3. The van der Waals surface area contributed by atoms with Gasteiger partial charge in [-0.05, 0) is 31.2 Å². The summed E-state index contributed by atoms with van der Waals surface area (Å²) in [5.41, 5.74) is 1.40. The average Bonchev–Trinajstić information content (AvgIpc) is 3.18. The van der Waals surface area contributed by atoms with Gasteiger partial charge < -0.3 is 9.73 Å². The Labute approximate surface area is 149 Å². The van der Waals surface area contributed by atoms with E-state index in [-0.39, 0.29) is 12.6 Å². The van der Waals surface area contributed by atoms with Crippen molar-refractivity contribution in [1.82, 2.24) is 10.2 Å². The molecule has 3 amide bonds. The van der Waals surface area contributed by atoms with Crippen molar-refractivity contribution in [3.05, 3.63) is 71.5 Å². The van der Waals surface area contributed by atoms with Crippen LogP contribution in [0.15, 0.2) is 59.0 Å². The van der Waals surface area contributed by atoms with E-state index in [1.54, 1.807) is 31.2 Å². The smallest absolute Gasteiger partial charge is 0.262 e. The van der Waals surface area contributed by atoms with Crippen molar-refractivity contribution in [2.75, 3.05) is 6.54 Å². The molecule has 0 saturated heterocycles. The lowest BCUT2D eigenvalue weighted by Gasteiger charge is -2.16. The Hall–Kier alpha value is -3.41. The molecule has 3 aromatic rings. The standard InChI is InChI=1S/C20H16N2O4/c1-12(17-10-13-6-2-5-9-16(13)26-17)21-18(23)11-22-19(24)14-7-3-4-8-15(14)20(22)25/h2-10,12H,11H2,1H3,(H,21,23). The van der Waals surface area contributed by atoms with Gasteiger partial charge in [-0.3, -0.25) is 19.3 Å². The summed E-state index contributed by atoms with van der Waals surface area (Å²) in [7, 11) is 0. The third-order valence-electron chi connectivity index (χ3n) is 4.43. The summed E-state index contributed by atoms with van der Waals surface area (Å²) in [4.78, 5) is 37.9.